The van der Waals surface area contributed by atoms with Crippen LogP contribution in [0.3, 0.4) is 0 Å². The van der Waals surface area contributed by atoms with E-state index in [1.807, 2.05) is 6.07 Å². The number of aromatic amines is 1. The Morgan fingerprint density at radius 3 is 2.76 bits per heavy atom. The maximum absolute atomic E-state index is 11.6. The molecule has 6 heteroatoms. The fourth-order valence-corrected chi connectivity index (χ4v) is 2.16. The van der Waals surface area contributed by atoms with Gasteiger partial charge in [-0.15, -0.1) is 0 Å². The highest BCUT2D eigenvalue weighted by atomic mass is 35.5. The van der Waals surface area contributed by atoms with Gasteiger partial charge in [0, 0.05) is 27.7 Å². The predicted molar refractivity (Wildman–Crippen MR) is 62.7 cm³/mol. The van der Waals surface area contributed by atoms with E-state index in [0.29, 0.717) is 10.6 Å². The van der Waals surface area contributed by atoms with Crippen LogP contribution in [0, 0.1) is 0 Å². The van der Waals surface area contributed by atoms with Gasteiger partial charge in [0.05, 0.1) is 0 Å². The van der Waals surface area contributed by atoms with E-state index in [1.54, 1.807) is 18.3 Å². The molecule has 1 atom stereocenters. The number of H-pyrrole nitrogens is 1. The number of halogens is 1. The van der Waals surface area contributed by atoms with Crippen molar-refractivity contribution in [1.29, 1.82) is 0 Å². The largest absolute Gasteiger partial charge is 0.361 e. The Morgan fingerprint density at radius 2 is 2.06 bits per heavy atom. The lowest BCUT2D eigenvalue weighted by Gasteiger charge is -2.05. The first-order valence-corrected chi connectivity index (χ1v) is 5.41. The van der Waals surface area contributed by atoms with Crippen LogP contribution in [0.15, 0.2) is 24.4 Å². The lowest BCUT2D eigenvalue weighted by molar-refractivity contribution is -0.120. The molecular weight excluding hydrogens is 242 g/mol. The highest BCUT2D eigenvalue weighted by molar-refractivity contribution is 6.31. The molecule has 3 N–H and O–H groups in total. The van der Waals surface area contributed by atoms with Gasteiger partial charge in [-0.1, -0.05) is 11.6 Å². The highest BCUT2D eigenvalue weighted by Crippen LogP contribution is 2.28. The van der Waals surface area contributed by atoms with Crippen LogP contribution in [-0.2, 0) is 4.79 Å². The molecule has 0 radical (unpaired) electrons. The summed E-state index contributed by atoms with van der Waals surface area (Å²) in [6.45, 7) is 0. The number of rotatable bonds is 1. The van der Waals surface area contributed by atoms with Crippen LogP contribution in [-0.4, -0.2) is 16.9 Å². The van der Waals surface area contributed by atoms with E-state index >= 15 is 0 Å². The number of nitrogens with one attached hydrogen (secondary N) is 3. The Labute approximate surface area is 101 Å². The number of fused-ring (bicyclic) bond motifs is 1. The summed E-state index contributed by atoms with van der Waals surface area (Å²) >= 11 is 5.92. The van der Waals surface area contributed by atoms with Gasteiger partial charge in [0.1, 0.15) is 6.04 Å². The van der Waals surface area contributed by atoms with Crippen molar-refractivity contribution in [3.63, 3.8) is 0 Å². The van der Waals surface area contributed by atoms with Gasteiger partial charge in [0.25, 0.3) is 5.91 Å². The van der Waals surface area contributed by atoms with Crippen molar-refractivity contribution < 1.29 is 9.59 Å². The van der Waals surface area contributed by atoms with Crippen molar-refractivity contribution in [1.82, 2.24) is 15.6 Å². The molecular formula is C11H8ClN3O2. The van der Waals surface area contributed by atoms with Crippen LogP contribution in [0.2, 0.25) is 5.02 Å². The van der Waals surface area contributed by atoms with Crippen molar-refractivity contribution >= 4 is 34.4 Å². The lowest BCUT2D eigenvalue weighted by Crippen LogP contribution is -2.22. The number of imide groups is 1. The van der Waals surface area contributed by atoms with Gasteiger partial charge in [-0.2, -0.15) is 0 Å². The molecule has 1 aliphatic heterocycles. The zero-order valence-electron chi connectivity index (χ0n) is 8.58. The molecule has 0 bridgehead atoms. The summed E-state index contributed by atoms with van der Waals surface area (Å²) in [5.41, 5.74) is 1.59. The summed E-state index contributed by atoms with van der Waals surface area (Å²) in [4.78, 5) is 25.7. The minimum absolute atomic E-state index is 0.351. The first kappa shape index (κ1) is 10.2. The van der Waals surface area contributed by atoms with Crippen molar-refractivity contribution in [3.05, 3.63) is 35.0 Å². The normalized spacial score (nSPS) is 19.5. The molecule has 1 aromatic heterocycles. The number of carbonyl (C=O) groups excluding carboxylic acids is 2. The summed E-state index contributed by atoms with van der Waals surface area (Å²) in [6, 6.07) is 4.22. The number of amides is 3. The number of carbonyl (C=O) groups is 2. The molecule has 0 spiro atoms. The fourth-order valence-electron chi connectivity index (χ4n) is 1.99. The summed E-state index contributed by atoms with van der Waals surface area (Å²) in [5.74, 6) is -0.351. The second kappa shape index (κ2) is 3.49. The number of hydrogen-bond acceptors (Lipinski definition) is 2. The van der Waals surface area contributed by atoms with Crippen LogP contribution < -0.4 is 10.6 Å². The van der Waals surface area contributed by atoms with E-state index in [2.05, 4.69) is 15.6 Å². The smallest absolute Gasteiger partial charge is 0.322 e. The Bertz CT molecular complexity index is 635. The van der Waals surface area contributed by atoms with Crippen molar-refractivity contribution in [3.8, 4) is 0 Å². The molecule has 3 rings (SSSR count). The molecule has 5 nitrogen and oxygen atoms in total. The summed E-state index contributed by atoms with van der Waals surface area (Å²) in [7, 11) is 0. The first-order valence-electron chi connectivity index (χ1n) is 5.03. The highest BCUT2D eigenvalue weighted by Gasteiger charge is 2.32. The van der Waals surface area contributed by atoms with Gasteiger partial charge in [0.2, 0.25) is 0 Å². The molecule has 17 heavy (non-hydrogen) atoms. The zero-order chi connectivity index (χ0) is 12.0. The second-order valence-corrected chi connectivity index (χ2v) is 4.27. The number of benzene rings is 1. The monoisotopic (exact) mass is 249 g/mol. The Hall–Kier alpha value is -2.01. The molecule has 0 saturated carbocycles. The fraction of sp³-hybridized carbons (Fsp3) is 0.0909. The van der Waals surface area contributed by atoms with Gasteiger partial charge < -0.3 is 10.3 Å². The average molecular weight is 250 g/mol. The average Bonchev–Trinajstić information content (AvgIpc) is 2.81. The topological polar surface area (TPSA) is 74.0 Å². The molecule has 2 aromatic rings. The Morgan fingerprint density at radius 1 is 1.24 bits per heavy atom. The molecule has 1 fully saturated rings. The minimum atomic E-state index is -0.658. The van der Waals surface area contributed by atoms with Gasteiger partial charge in [-0.25, -0.2) is 4.79 Å². The van der Waals surface area contributed by atoms with Crippen LogP contribution in [0.5, 0.6) is 0 Å². The van der Waals surface area contributed by atoms with Crippen LogP contribution in [0.25, 0.3) is 10.9 Å². The molecule has 2 heterocycles. The molecule has 3 amide bonds. The molecule has 1 aromatic carbocycles. The van der Waals surface area contributed by atoms with Crippen molar-refractivity contribution in [2.24, 2.45) is 0 Å². The van der Waals surface area contributed by atoms with Crippen molar-refractivity contribution in [2.75, 3.05) is 0 Å². The van der Waals surface area contributed by atoms with E-state index < -0.39 is 12.1 Å². The van der Waals surface area contributed by atoms with E-state index in [1.165, 1.54) is 0 Å². The predicted octanol–water partition coefficient (Wildman–Crippen LogP) is 1.70. The number of hydrogen-bond donors (Lipinski definition) is 3. The van der Waals surface area contributed by atoms with E-state index in [-0.39, 0.29) is 5.91 Å². The van der Waals surface area contributed by atoms with Crippen LogP contribution in [0.1, 0.15) is 11.6 Å². The first-order chi connectivity index (χ1) is 8.15. The molecule has 86 valence electrons. The Kier molecular flexibility index (Phi) is 2.09. The quantitative estimate of drug-likeness (QED) is 0.673. The summed E-state index contributed by atoms with van der Waals surface area (Å²) in [5, 5.41) is 6.17. The third-order valence-electron chi connectivity index (χ3n) is 2.76. The minimum Gasteiger partial charge on any atom is -0.361 e. The maximum atomic E-state index is 11.6. The third-order valence-corrected chi connectivity index (χ3v) is 3.00. The van der Waals surface area contributed by atoms with E-state index in [9.17, 15) is 9.59 Å². The Balaban J connectivity index is 2.14. The number of urea groups is 1. The van der Waals surface area contributed by atoms with Crippen LogP contribution >= 0.6 is 11.6 Å². The van der Waals surface area contributed by atoms with Crippen molar-refractivity contribution in [2.45, 2.75) is 6.04 Å². The lowest BCUT2D eigenvalue weighted by atomic mass is 10.1. The summed E-state index contributed by atoms with van der Waals surface area (Å²) < 4.78 is 0. The molecule has 1 aliphatic rings. The zero-order valence-corrected chi connectivity index (χ0v) is 9.34. The third kappa shape index (κ3) is 1.55. The second-order valence-electron chi connectivity index (χ2n) is 3.83. The van der Waals surface area contributed by atoms with Crippen LogP contribution in [0.4, 0.5) is 4.79 Å². The molecule has 0 aliphatic carbocycles. The summed E-state index contributed by atoms with van der Waals surface area (Å²) in [6.07, 6.45) is 1.71. The van der Waals surface area contributed by atoms with Gasteiger partial charge >= 0.3 is 6.03 Å². The number of aromatic nitrogens is 1. The van der Waals surface area contributed by atoms with Gasteiger partial charge in [0.15, 0.2) is 0 Å². The standard InChI is InChI=1S/C11H8ClN3O2/c12-5-1-2-8-6(3-5)7(4-13-8)9-10(16)15-11(17)14-9/h1-4,9,13H,(H2,14,15,16,17)/t9-/m0/s1. The van der Waals surface area contributed by atoms with Gasteiger partial charge in [-0.3, -0.25) is 10.1 Å². The molecule has 1 saturated heterocycles. The molecule has 0 unspecified atom stereocenters. The van der Waals surface area contributed by atoms with Gasteiger partial charge in [-0.05, 0) is 18.2 Å². The van der Waals surface area contributed by atoms with E-state index in [0.717, 1.165) is 10.9 Å². The maximum Gasteiger partial charge on any atom is 0.322 e. The van der Waals surface area contributed by atoms with E-state index in [4.69, 9.17) is 11.6 Å². The SMILES string of the molecule is O=C1NC(=O)[C@H](c2c[nH]c3ccc(Cl)cc23)N1.